The average Bonchev–Trinajstić information content (AvgIpc) is 2.23. The molecule has 2 nitrogen and oxygen atoms in total. The van der Waals surface area contributed by atoms with Crippen LogP contribution in [-0.2, 0) is 17.1 Å². The second-order valence-electron chi connectivity index (χ2n) is 3.89. The van der Waals surface area contributed by atoms with Gasteiger partial charge in [0.05, 0.1) is 11.1 Å². The Morgan fingerprint density at radius 1 is 1.05 bits per heavy atom. The minimum absolute atomic E-state index is 0.347. The van der Waals surface area contributed by atoms with Gasteiger partial charge in [-0.15, -0.1) is 0 Å². The molecule has 1 aromatic carbocycles. The van der Waals surface area contributed by atoms with Crippen LogP contribution in [0.2, 0.25) is 0 Å². The standard InChI is InChI=1S/C12H8F6O2/c1-6-2-3-7(4-5-8(19)20)10(12(16,17)18)9(6)11(13,14)15/h2-5H,1H3,(H,19,20)/b5-4+. The number of hydrogen-bond donors (Lipinski definition) is 1. The van der Waals surface area contributed by atoms with E-state index in [1.54, 1.807) is 0 Å². The van der Waals surface area contributed by atoms with Gasteiger partial charge in [-0.2, -0.15) is 26.3 Å². The predicted molar refractivity (Wildman–Crippen MR) is 57.9 cm³/mol. The second-order valence-corrected chi connectivity index (χ2v) is 3.89. The fourth-order valence-corrected chi connectivity index (χ4v) is 1.69. The summed E-state index contributed by atoms with van der Waals surface area (Å²) in [5.41, 5.74) is -5.13. The quantitative estimate of drug-likeness (QED) is 0.658. The molecule has 0 spiro atoms. The average molecular weight is 298 g/mol. The number of alkyl halides is 6. The highest BCUT2D eigenvalue weighted by molar-refractivity contribution is 5.85. The number of aryl methyl sites for hydroxylation is 1. The van der Waals surface area contributed by atoms with Crippen molar-refractivity contribution in [3.8, 4) is 0 Å². The third kappa shape index (κ3) is 3.52. The molecule has 0 aliphatic heterocycles. The van der Waals surface area contributed by atoms with E-state index < -0.39 is 40.6 Å². The van der Waals surface area contributed by atoms with Crippen molar-refractivity contribution in [2.24, 2.45) is 0 Å². The van der Waals surface area contributed by atoms with Crippen LogP contribution in [0, 0.1) is 6.92 Å². The van der Waals surface area contributed by atoms with Crippen LogP contribution in [0.3, 0.4) is 0 Å². The number of halogens is 6. The van der Waals surface area contributed by atoms with Crippen LogP contribution in [0.5, 0.6) is 0 Å². The van der Waals surface area contributed by atoms with Crippen LogP contribution in [-0.4, -0.2) is 11.1 Å². The first kappa shape index (κ1) is 16.1. The monoisotopic (exact) mass is 298 g/mol. The normalized spacial score (nSPS) is 12.9. The number of rotatable bonds is 2. The van der Waals surface area contributed by atoms with E-state index in [1.807, 2.05) is 0 Å². The van der Waals surface area contributed by atoms with Crippen molar-refractivity contribution in [2.75, 3.05) is 0 Å². The van der Waals surface area contributed by atoms with Crippen LogP contribution in [0.1, 0.15) is 22.3 Å². The number of benzene rings is 1. The predicted octanol–water partition coefficient (Wildman–Crippen LogP) is 4.13. The van der Waals surface area contributed by atoms with Crippen LogP contribution in [0.25, 0.3) is 6.08 Å². The van der Waals surface area contributed by atoms with Crippen LogP contribution < -0.4 is 0 Å². The molecule has 0 fully saturated rings. The zero-order chi connectivity index (χ0) is 15.7. The van der Waals surface area contributed by atoms with Crippen molar-refractivity contribution in [2.45, 2.75) is 19.3 Å². The Balaban J connectivity index is 3.68. The van der Waals surface area contributed by atoms with E-state index in [4.69, 9.17) is 5.11 Å². The summed E-state index contributed by atoms with van der Waals surface area (Å²) in [4.78, 5) is 10.3. The molecule has 0 atom stereocenters. The fourth-order valence-electron chi connectivity index (χ4n) is 1.69. The van der Waals surface area contributed by atoms with E-state index in [-0.39, 0.29) is 0 Å². The maximum Gasteiger partial charge on any atom is 0.417 e. The largest absolute Gasteiger partial charge is 0.478 e. The third-order valence-corrected chi connectivity index (χ3v) is 2.42. The minimum Gasteiger partial charge on any atom is -0.478 e. The molecule has 0 saturated heterocycles. The van der Waals surface area contributed by atoms with Gasteiger partial charge in [0, 0.05) is 6.08 Å². The zero-order valence-electron chi connectivity index (χ0n) is 9.93. The van der Waals surface area contributed by atoms with Gasteiger partial charge < -0.3 is 5.11 Å². The Bertz CT molecular complexity index is 554. The Hall–Kier alpha value is -1.99. The lowest BCUT2D eigenvalue weighted by molar-refractivity contribution is -0.162. The number of aliphatic carboxylic acids is 1. The molecule has 0 heterocycles. The third-order valence-electron chi connectivity index (χ3n) is 2.42. The van der Waals surface area contributed by atoms with Crippen molar-refractivity contribution in [1.82, 2.24) is 0 Å². The molecule has 0 bridgehead atoms. The van der Waals surface area contributed by atoms with Gasteiger partial charge in [0.1, 0.15) is 0 Å². The van der Waals surface area contributed by atoms with Crippen molar-refractivity contribution >= 4 is 12.0 Å². The van der Waals surface area contributed by atoms with Gasteiger partial charge in [-0.3, -0.25) is 0 Å². The summed E-state index contributed by atoms with van der Waals surface area (Å²) >= 11 is 0. The van der Waals surface area contributed by atoms with Gasteiger partial charge >= 0.3 is 18.3 Å². The van der Waals surface area contributed by atoms with Crippen LogP contribution in [0.15, 0.2) is 18.2 Å². The first-order chi connectivity index (χ1) is 8.94. The van der Waals surface area contributed by atoms with E-state index in [0.717, 1.165) is 19.1 Å². The van der Waals surface area contributed by atoms with E-state index in [9.17, 15) is 31.1 Å². The molecule has 0 unspecified atom stereocenters. The second kappa shape index (κ2) is 5.18. The van der Waals surface area contributed by atoms with Crippen molar-refractivity contribution < 1.29 is 36.2 Å². The molecule has 0 aliphatic rings. The highest BCUT2D eigenvalue weighted by atomic mass is 19.4. The molecule has 1 N–H and O–H groups in total. The lowest BCUT2D eigenvalue weighted by atomic mass is 9.95. The Morgan fingerprint density at radius 2 is 1.55 bits per heavy atom. The summed E-state index contributed by atoms with van der Waals surface area (Å²) in [6, 6.07) is 1.66. The summed E-state index contributed by atoms with van der Waals surface area (Å²) < 4.78 is 76.9. The van der Waals surface area contributed by atoms with E-state index >= 15 is 0 Å². The smallest absolute Gasteiger partial charge is 0.417 e. The number of carboxylic acid groups (broad SMARTS) is 1. The Kier molecular flexibility index (Phi) is 4.16. The summed E-state index contributed by atoms with van der Waals surface area (Å²) in [6.07, 6.45) is -9.61. The topological polar surface area (TPSA) is 37.3 Å². The molecule has 8 heteroatoms. The fraction of sp³-hybridized carbons (Fsp3) is 0.250. The first-order valence-electron chi connectivity index (χ1n) is 5.13. The van der Waals surface area contributed by atoms with Gasteiger partial charge in [0.15, 0.2) is 0 Å². The van der Waals surface area contributed by atoms with Gasteiger partial charge in [0.2, 0.25) is 0 Å². The van der Waals surface area contributed by atoms with Gasteiger partial charge in [0.25, 0.3) is 0 Å². The maximum atomic E-state index is 12.9. The Labute approximate surface area is 109 Å². The molecule has 1 rings (SSSR count). The minimum atomic E-state index is -5.25. The van der Waals surface area contributed by atoms with Crippen LogP contribution in [0.4, 0.5) is 26.3 Å². The summed E-state index contributed by atoms with van der Waals surface area (Å²) in [5, 5.41) is 8.36. The van der Waals surface area contributed by atoms with Gasteiger partial charge in [-0.05, 0) is 24.1 Å². The molecule has 1 aromatic rings. The van der Waals surface area contributed by atoms with Crippen molar-refractivity contribution in [1.29, 1.82) is 0 Å². The summed E-state index contributed by atoms with van der Waals surface area (Å²) in [5.74, 6) is -1.56. The van der Waals surface area contributed by atoms with Gasteiger partial charge in [-0.25, -0.2) is 4.79 Å². The first-order valence-corrected chi connectivity index (χ1v) is 5.13. The molecule has 0 aromatic heterocycles. The molecule has 0 saturated carbocycles. The van der Waals surface area contributed by atoms with Crippen LogP contribution >= 0.6 is 0 Å². The van der Waals surface area contributed by atoms with Gasteiger partial charge in [-0.1, -0.05) is 12.1 Å². The highest BCUT2D eigenvalue weighted by Gasteiger charge is 2.45. The lowest BCUT2D eigenvalue weighted by Gasteiger charge is -2.20. The molecule has 0 radical (unpaired) electrons. The zero-order valence-corrected chi connectivity index (χ0v) is 9.93. The molecule has 0 aliphatic carbocycles. The molecular formula is C12H8F6O2. The van der Waals surface area contributed by atoms with E-state index in [2.05, 4.69) is 0 Å². The number of hydrogen-bond acceptors (Lipinski definition) is 1. The molecule has 110 valence electrons. The number of carboxylic acids is 1. The number of carbonyl (C=O) groups is 1. The lowest BCUT2D eigenvalue weighted by Crippen LogP contribution is -2.19. The van der Waals surface area contributed by atoms with E-state index in [0.29, 0.717) is 12.2 Å². The highest BCUT2D eigenvalue weighted by Crippen LogP contribution is 2.43. The van der Waals surface area contributed by atoms with Crippen molar-refractivity contribution in [3.05, 3.63) is 40.5 Å². The summed E-state index contributed by atoms with van der Waals surface area (Å²) in [7, 11) is 0. The van der Waals surface area contributed by atoms with E-state index in [1.165, 1.54) is 0 Å². The molecule has 20 heavy (non-hydrogen) atoms. The summed E-state index contributed by atoms with van der Waals surface area (Å²) in [6.45, 7) is 0.906. The SMILES string of the molecule is Cc1ccc(/C=C/C(=O)O)c(C(F)(F)F)c1C(F)(F)F. The molecular weight excluding hydrogens is 290 g/mol. The molecule has 0 amide bonds. The maximum absolute atomic E-state index is 12.9. The van der Waals surface area contributed by atoms with Crippen molar-refractivity contribution in [3.63, 3.8) is 0 Å². The Morgan fingerprint density at radius 3 is 1.95 bits per heavy atom.